The van der Waals surface area contributed by atoms with E-state index in [4.69, 9.17) is 4.74 Å². The van der Waals surface area contributed by atoms with Crippen LogP contribution in [0.5, 0.6) is 0 Å². The molecule has 0 aliphatic heterocycles. The van der Waals surface area contributed by atoms with E-state index in [-0.39, 0.29) is 5.97 Å². The summed E-state index contributed by atoms with van der Waals surface area (Å²) in [5.74, 6) is -0.353. The summed E-state index contributed by atoms with van der Waals surface area (Å²) in [6.07, 6.45) is 3.47. The number of carbonyl (C=O) groups is 1. The predicted octanol–water partition coefficient (Wildman–Crippen LogP) is 1.97. The van der Waals surface area contributed by atoms with Gasteiger partial charge in [0.1, 0.15) is 0 Å². The van der Waals surface area contributed by atoms with Crippen LogP contribution in [0.4, 0.5) is 0 Å². The Morgan fingerprint density at radius 2 is 2.19 bits per heavy atom. The van der Waals surface area contributed by atoms with E-state index in [9.17, 15) is 4.79 Å². The second-order valence-electron chi connectivity index (χ2n) is 3.41. The minimum Gasteiger partial charge on any atom is -0.465 e. The fourth-order valence-corrected chi connectivity index (χ4v) is 1.64. The summed E-state index contributed by atoms with van der Waals surface area (Å²) in [6.45, 7) is 1.93. The molecular weight excluding hydrogens is 204 g/mol. The van der Waals surface area contributed by atoms with Crippen LogP contribution in [-0.2, 0) is 4.74 Å². The fraction of sp³-hybridized carbons (Fsp3) is 0.167. The number of para-hydroxylation sites is 1. The van der Waals surface area contributed by atoms with Crippen molar-refractivity contribution >= 4 is 5.97 Å². The Labute approximate surface area is 93.5 Å². The van der Waals surface area contributed by atoms with Crippen LogP contribution >= 0.6 is 0 Å². The second kappa shape index (κ2) is 4.18. The highest BCUT2D eigenvalue weighted by molar-refractivity contribution is 5.94. The fourth-order valence-electron chi connectivity index (χ4n) is 1.64. The minimum atomic E-state index is -0.353. The van der Waals surface area contributed by atoms with Gasteiger partial charge in [0.05, 0.1) is 18.4 Å². The van der Waals surface area contributed by atoms with Gasteiger partial charge in [-0.2, -0.15) is 5.10 Å². The molecule has 1 aromatic carbocycles. The molecule has 1 aromatic heterocycles. The lowest BCUT2D eigenvalue weighted by Gasteiger charge is -2.10. The lowest BCUT2D eigenvalue weighted by Crippen LogP contribution is -2.09. The zero-order valence-electron chi connectivity index (χ0n) is 9.18. The average Bonchev–Trinajstić information content (AvgIpc) is 2.81. The first-order valence-corrected chi connectivity index (χ1v) is 4.92. The summed E-state index contributed by atoms with van der Waals surface area (Å²) in [5, 5.41) is 4.13. The van der Waals surface area contributed by atoms with Gasteiger partial charge < -0.3 is 4.74 Å². The van der Waals surface area contributed by atoms with Crippen LogP contribution < -0.4 is 0 Å². The first kappa shape index (κ1) is 10.4. The Morgan fingerprint density at radius 1 is 1.38 bits per heavy atom. The zero-order valence-corrected chi connectivity index (χ0v) is 9.18. The van der Waals surface area contributed by atoms with Gasteiger partial charge in [0, 0.05) is 12.4 Å². The third-order valence-electron chi connectivity index (χ3n) is 2.38. The van der Waals surface area contributed by atoms with Crippen molar-refractivity contribution in [1.29, 1.82) is 0 Å². The van der Waals surface area contributed by atoms with Crippen molar-refractivity contribution in [3.63, 3.8) is 0 Å². The molecule has 0 aliphatic rings. The van der Waals surface area contributed by atoms with Crippen molar-refractivity contribution in [3.8, 4) is 5.69 Å². The largest absolute Gasteiger partial charge is 0.465 e. The molecule has 1 heterocycles. The number of aryl methyl sites for hydroxylation is 1. The van der Waals surface area contributed by atoms with E-state index in [1.54, 1.807) is 23.1 Å². The Balaban J connectivity index is 2.62. The maximum atomic E-state index is 11.6. The number of methoxy groups -OCH3 is 1. The first-order valence-electron chi connectivity index (χ1n) is 4.92. The molecule has 0 saturated carbocycles. The Morgan fingerprint density at radius 3 is 2.81 bits per heavy atom. The number of aromatic nitrogens is 2. The summed E-state index contributed by atoms with van der Waals surface area (Å²) in [4.78, 5) is 11.6. The van der Waals surface area contributed by atoms with Crippen molar-refractivity contribution in [2.45, 2.75) is 6.92 Å². The molecule has 0 amide bonds. The molecule has 16 heavy (non-hydrogen) atoms. The van der Waals surface area contributed by atoms with Crippen LogP contribution in [0.25, 0.3) is 5.69 Å². The van der Waals surface area contributed by atoms with E-state index >= 15 is 0 Å². The summed E-state index contributed by atoms with van der Waals surface area (Å²) in [6, 6.07) is 7.31. The van der Waals surface area contributed by atoms with Gasteiger partial charge in [-0.1, -0.05) is 12.1 Å². The second-order valence-corrected chi connectivity index (χ2v) is 3.41. The smallest absolute Gasteiger partial charge is 0.340 e. The predicted molar refractivity (Wildman–Crippen MR) is 59.6 cm³/mol. The minimum absolute atomic E-state index is 0.353. The van der Waals surface area contributed by atoms with Crippen molar-refractivity contribution in [1.82, 2.24) is 9.78 Å². The molecule has 0 spiro atoms. The van der Waals surface area contributed by atoms with E-state index in [2.05, 4.69) is 5.10 Å². The maximum absolute atomic E-state index is 11.6. The van der Waals surface area contributed by atoms with Crippen LogP contribution in [0.15, 0.2) is 36.7 Å². The monoisotopic (exact) mass is 216 g/mol. The third kappa shape index (κ3) is 1.69. The number of ether oxygens (including phenoxy) is 1. The van der Waals surface area contributed by atoms with Gasteiger partial charge in [0.2, 0.25) is 0 Å². The van der Waals surface area contributed by atoms with E-state index in [0.29, 0.717) is 5.56 Å². The number of carbonyl (C=O) groups excluding carboxylic acids is 1. The molecule has 82 valence electrons. The summed E-state index contributed by atoms with van der Waals surface area (Å²) >= 11 is 0. The van der Waals surface area contributed by atoms with Crippen molar-refractivity contribution < 1.29 is 9.53 Å². The standard InChI is InChI=1S/C12H12N2O2/c1-9-5-3-6-10(12(15)16-2)11(9)14-8-4-7-13-14/h3-8H,1-2H3. The number of esters is 1. The Kier molecular flexibility index (Phi) is 2.72. The number of rotatable bonds is 2. The van der Waals surface area contributed by atoms with Gasteiger partial charge in [-0.05, 0) is 24.6 Å². The number of benzene rings is 1. The van der Waals surface area contributed by atoms with E-state index < -0.39 is 0 Å². The highest BCUT2D eigenvalue weighted by atomic mass is 16.5. The molecule has 0 aliphatic carbocycles. The molecule has 0 atom stereocenters. The lowest BCUT2D eigenvalue weighted by molar-refractivity contribution is 0.0600. The van der Waals surface area contributed by atoms with Gasteiger partial charge in [0.15, 0.2) is 0 Å². The molecule has 2 rings (SSSR count). The molecule has 0 fully saturated rings. The van der Waals surface area contributed by atoms with Gasteiger partial charge in [-0.3, -0.25) is 0 Å². The summed E-state index contributed by atoms with van der Waals surface area (Å²) in [5.41, 5.74) is 2.26. The normalized spacial score (nSPS) is 10.1. The molecule has 0 saturated heterocycles. The van der Waals surface area contributed by atoms with E-state index in [1.165, 1.54) is 7.11 Å². The molecule has 2 aromatic rings. The lowest BCUT2D eigenvalue weighted by atomic mass is 10.1. The summed E-state index contributed by atoms with van der Waals surface area (Å²) in [7, 11) is 1.37. The molecule has 0 N–H and O–H groups in total. The van der Waals surface area contributed by atoms with Gasteiger partial charge in [-0.25, -0.2) is 9.48 Å². The van der Waals surface area contributed by atoms with Gasteiger partial charge in [-0.15, -0.1) is 0 Å². The Bertz CT molecular complexity index is 504. The highest BCUT2D eigenvalue weighted by Gasteiger charge is 2.14. The molecular formula is C12H12N2O2. The highest BCUT2D eigenvalue weighted by Crippen LogP contribution is 2.19. The zero-order chi connectivity index (χ0) is 11.5. The van der Waals surface area contributed by atoms with Crippen LogP contribution in [0.3, 0.4) is 0 Å². The third-order valence-corrected chi connectivity index (χ3v) is 2.38. The van der Waals surface area contributed by atoms with Crippen LogP contribution in [0.2, 0.25) is 0 Å². The maximum Gasteiger partial charge on any atom is 0.340 e. The van der Waals surface area contributed by atoms with Crippen molar-refractivity contribution in [3.05, 3.63) is 47.8 Å². The Hall–Kier alpha value is -2.10. The average molecular weight is 216 g/mol. The van der Waals surface area contributed by atoms with Gasteiger partial charge in [0.25, 0.3) is 0 Å². The van der Waals surface area contributed by atoms with E-state index in [1.807, 2.05) is 25.1 Å². The molecule has 0 radical (unpaired) electrons. The number of nitrogens with zero attached hydrogens (tertiary/aromatic N) is 2. The number of hydrogen-bond acceptors (Lipinski definition) is 3. The van der Waals surface area contributed by atoms with Crippen LogP contribution in [-0.4, -0.2) is 22.9 Å². The quantitative estimate of drug-likeness (QED) is 0.721. The molecule has 0 bridgehead atoms. The van der Waals surface area contributed by atoms with E-state index in [0.717, 1.165) is 11.3 Å². The van der Waals surface area contributed by atoms with Crippen LogP contribution in [0, 0.1) is 6.92 Å². The number of hydrogen-bond donors (Lipinski definition) is 0. The molecule has 0 unspecified atom stereocenters. The molecule has 4 heteroatoms. The molecule has 4 nitrogen and oxygen atoms in total. The van der Waals surface area contributed by atoms with Crippen molar-refractivity contribution in [2.75, 3.05) is 7.11 Å². The van der Waals surface area contributed by atoms with Crippen LogP contribution in [0.1, 0.15) is 15.9 Å². The first-order chi connectivity index (χ1) is 7.74. The van der Waals surface area contributed by atoms with Crippen molar-refractivity contribution in [2.24, 2.45) is 0 Å². The topological polar surface area (TPSA) is 44.1 Å². The summed E-state index contributed by atoms with van der Waals surface area (Å²) < 4.78 is 6.42. The SMILES string of the molecule is COC(=O)c1cccc(C)c1-n1cccn1. The van der Waals surface area contributed by atoms with Gasteiger partial charge >= 0.3 is 5.97 Å².